The normalized spacial score (nSPS) is 11.3. The SMILES string of the molecule is CN(C)CCNCCCOc1ccc(C(C)(C)c2ccccc2)cc1.Cl. The fraction of sp³-hybridized carbons (Fsp3) is 0.455. The average molecular weight is 377 g/mol. The summed E-state index contributed by atoms with van der Waals surface area (Å²) in [5.41, 5.74) is 2.62. The van der Waals surface area contributed by atoms with Gasteiger partial charge in [0.1, 0.15) is 5.75 Å². The molecule has 2 aromatic rings. The maximum absolute atomic E-state index is 5.86. The minimum absolute atomic E-state index is 0. The first-order valence-electron chi connectivity index (χ1n) is 9.14. The molecule has 0 aliphatic rings. The predicted molar refractivity (Wildman–Crippen MR) is 114 cm³/mol. The molecule has 0 saturated heterocycles. The van der Waals surface area contributed by atoms with E-state index in [4.69, 9.17) is 4.74 Å². The third-order valence-corrected chi connectivity index (χ3v) is 4.57. The zero-order valence-corrected chi connectivity index (χ0v) is 17.3. The Morgan fingerprint density at radius 1 is 0.885 bits per heavy atom. The summed E-state index contributed by atoms with van der Waals surface area (Å²) in [4.78, 5) is 2.18. The van der Waals surface area contributed by atoms with Crippen LogP contribution in [0.15, 0.2) is 54.6 Å². The van der Waals surface area contributed by atoms with Crippen LogP contribution in [-0.4, -0.2) is 45.2 Å². The monoisotopic (exact) mass is 376 g/mol. The van der Waals surface area contributed by atoms with Crippen LogP contribution in [0.5, 0.6) is 5.75 Å². The van der Waals surface area contributed by atoms with Gasteiger partial charge in [0.2, 0.25) is 0 Å². The highest BCUT2D eigenvalue weighted by Crippen LogP contribution is 2.32. The van der Waals surface area contributed by atoms with Crippen molar-refractivity contribution >= 4 is 12.4 Å². The number of ether oxygens (including phenoxy) is 1. The summed E-state index contributed by atoms with van der Waals surface area (Å²) in [6.45, 7) is 8.36. The van der Waals surface area contributed by atoms with Crippen molar-refractivity contribution in [1.82, 2.24) is 10.2 Å². The Bertz CT molecular complexity index is 612. The standard InChI is InChI=1S/C22H32N2O.ClH/c1-22(2,19-9-6-5-7-10-19)20-11-13-21(14-12-20)25-18-8-15-23-16-17-24(3)4;/h5-7,9-14,23H,8,15-18H2,1-4H3;1H. The van der Waals surface area contributed by atoms with Gasteiger partial charge in [0, 0.05) is 18.5 Å². The molecule has 0 aliphatic heterocycles. The maximum Gasteiger partial charge on any atom is 0.119 e. The van der Waals surface area contributed by atoms with Crippen LogP contribution in [0.25, 0.3) is 0 Å². The van der Waals surface area contributed by atoms with Crippen LogP contribution in [0.1, 0.15) is 31.4 Å². The van der Waals surface area contributed by atoms with E-state index >= 15 is 0 Å². The summed E-state index contributed by atoms with van der Waals surface area (Å²) in [6, 6.07) is 19.2. The van der Waals surface area contributed by atoms with Gasteiger partial charge in [-0.05, 0) is 50.3 Å². The average Bonchev–Trinajstić information content (AvgIpc) is 2.62. The smallest absolute Gasteiger partial charge is 0.119 e. The molecule has 0 saturated carbocycles. The van der Waals surface area contributed by atoms with Crippen LogP contribution in [0.4, 0.5) is 0 Å². The van der Waals surface area contributed by atoms with E-state index in [1.54, 1.807) is 0 Å². The maximum atomic E-state index is 5.86. The van der Waals surface area contributed by atoms with E-state index in [1.165, 1.54) is 11.1 Å². The molecule has 144 valence electrons. The Kier molecular flexibility index (Phi) is 9.71. The second-order valence-corrected chi connectivity index (χ2v) is 7.27. The lowest BCUT2D eigenvalue weighted by Gasteiger charge is -2.26. The fourth-order valence-electron chi connectivity index (χ4n) is 2.80. The minimum atomic E-state index is -0.00382. The zero-order chi connectivity index (χ0) is 18.1. The second kappa shape index (κ2) is 11.2. The van der Waals surface area contributed by atoms with E-state index in [0.717, 1.165) is 38.4 Å². The number of likely N-dealkylation sites (N-methyl/N-ethyl adjacent to an activating group) is 1. The minimum Gasteiger partial charge on any atom is -0.494 e. The molecule has 0 amide bonds. The summed E-state index contributed by atoms with van der Waals surface area (Å²) in [5, 5.41) is 3.43. The molecule has 26 heavy (non-hydrogen) atoms. The summed E-state index contributed by atoms with van der Waals surface area (Å²) in [7, 11) is 4.18. The van der Waals surface area contributed by atoms with Crippen molar-refractivity contribution in [1.29, 1.82) is 0 Å². The van der Waals surface area contributed by atoms with E-state index < -0.39 is 0 Å². The van der Waals surface area contributed by atoms with Crippen molar-refractivity contribution in [2.24, 2.45) is 0 Å². The van der Waals surface area contributed by atoms with E-state index in [9.17, 15) is 0 Å². The number of benzene rings is 2. The second-order valence-electron chi connectivity index (χ2n) is 7.27. The van der Waals surface area contributed by atoms with Crippen LogP contribution >= 0.6 is 12.4 Å². The number of nitrogens with one attached hydrogen (secondary N) is 1. The molecule has 0 aromatic heterocycles. The predicted octanol–water partition coefficient (Wildman–Crippen LogP) is 4.35. The number of halogens is 1. The van der Waals surface area contributed by atoms with E-state index in [-0.39, 0.29) is 17.8 Å². The molecule has 0 atom stereocenters. The number of hydrogen-bond donors (Lipinski definition) is 1. The summed E-state index contributed by atoms with van der Waals surface area (Å²) < 4.78 is 5.86. The van der Waals surface area contributed by atoms with Gasteiger partial charge in [-0.15, -0.1) is 12.4 Å². The van der Waals surface area contributed by atoms with Crippen molar-refractivity contribution in [3.63, 3.8) is 0 Å². The topological polar surface area (TPSA) is 24.5 Å². The highest BCUT2D eigenvalue weighted by atomic mass is 35.5. The Balaban J connectivity index is 0.00000338. The molecule has 0 bridgehead atoms. The molecule has 0 fully saturated rings. The van der Waals surface area contributed by atoms with Crippen molar-refractivity contribution in [2.45, 2.75) is 25.7 Å². The zero-order valence-electron chi connectivity index (χ0n) is 16.5. The molecule has 1 N–H and O–H groups in total. The van der Waals surface area contributed by atoms with Crippen molar-refractivity contribution in [3.05, 3.63) is 65.7 Å². The lowest BCUT2D eigenvalue weighted by atomic mass is 9.78. The van der Waals surface area contributed by atoms with Crippen molar-refractivity contribution < 1.29 is 4.74 Å². The molecule has 0 aliphatic carbocycles. The highest BCUT2D eigenvalue weighted by Gasteiger charge is 2.22. The van der Waals surface area contributed by atoms with Crippen molar-refractivity contribution in [2.75, 3.05) is 40.3 Å². The molecular weight excluding hydrogens is 344 g/mol. The first-order chi connectivity index (χ1) is 12.0. The molecule has 3 nitrogen and oxygen atoms in total. The molecule has 0 radical (unpaired) electrons. The van der Waals surface area contributed by atoms with Crippen LogP contribution < -0.4 is 10.1 Å². The fourth-order valence-corrected chi connectivity index (χ4v) is 2.80. The lowest BCUT2D eigenvalue weighted by Crippen LogP contribution is -2.27. The molecule has 0 unspecified atom stereocenters. The molecule has 2 rings (SSSR count). The lowest BCUT2D eigenvalue weighted by molar-refractivity contribution is 0.306. The van der Waals surface area contributed by atoms with Gasteiger partial charge in [-0.25, -0.2) is 0 Å². The molecule has 4 heteroatoms. The van der Waals surface area contributed by atoms with E-state index in [0.29, 0.717) is 0 Å². The van der Waals surface area contributed by atoms with Gasteiger partial charge < -0.3 is 15.0 Å². The van der Waals surface area contributed by atoms with Crippen LogP contribution in [0, 0.1) is 0 Å². The number of rotatable bonds is 10. The summed E-state index contributed by atoms with van der Waals surface area (Å²) in [6.07, 6.45) is 1.02. The molecule has 2 aromatic carbocycles. The molecular formula is C22H33ClN2O. The summed E-state index contributed by atoms with van der Waals surface area (Å²) in [5.74, 6) is 0.945. The number of nitrogens with zero attached hydrogens (tertiary/aromatic N) is 1. The van der Waals surface area contributed by atoms with Crippen LogP contribution in [-0.2, 0) is 5.41 Å². The first kappa shape index (κ1) is 22.5. The van der Waals surface area contributed by atoms with Gasteiger partial charge in [-0.3, -0.25) is 0 Å². The van der Waals surface area contributed by atoms with Gasteiger partial charge in [0.05, 0.1) is 6.61 Å². The van der Waals surface area contributed by atoms with Crippen molar-refractivity contribution in [3.8, 4) is 5.75 Å². The van der Waals surface area contributed by atoms with Crippen LogP contribution in [0.2, 0.25) is 0 Å². The number of hydrogen-bond acceptors (Lipinski definition) is 3. The van der Waals surface area contributed by atoms with Gasteiger partial charge in [0.25, 0.3) is 0 Å². The quantitative estimate of drug-likeness (QED) is 0.624. The van der Waals surface area contributed by atoms with E-state index in [1.807, 2.05) is 0 Å². The Morgan fingerprint density at radius 2 is 1.50 bits per heavy atom. The van der Waals surface area contributed by atoms with Gasteiger partial charge in [0.15, 0.2) is 0 Å². The summed E-state index contributed by atoms with van der Waals surface area (Å²) >= 11 is 0. The largest absolute Gasteiger partial charge is 0.494 e. The van der Waals surface area contributed by atoms with E-state index in [2.05, 4.69) is 92.8 Å². The highest BCUT2D eigenvalue weighted by molar-refractivity contribution is 5.85. The Hall–Kier alpha value is -1.55. The Morgan fingerprint density at radius 3 is 2.12 bits per heavy atom. The Labute approximate surface area is 165 Å². The molecule has 0 heterocycles. The third kappa shape index (κ3) is 6.99. The van der Waals surface area contributed by atoms with Gasteiger partial charge in [-0.1, -0.05) is 56.3 Å². The van der Waals surface area contributed by atoms with Crippen LogP contribution in [0.3, 0.4) is 0 Å². The molecule has 0 spiro atoms. The van der Waals surface area contributed by atoms with Gasteiger partial charge in [-0.2, -0.15) is 0 Å². The third-order valence-electron chi connectivity index (χ3n) is 4.57. The van der Waals surface area contributed by atoms with Gasteiger partial charge >= 0.3 is 0 Å². The first-order valence-corrected chi connectivity index (χ1v) is 9.14.